The van der Waals surface area contributed by atoms with Crippen LogP contribution in [0, 0.1) is 11.8 Å². The summed E-state index contributed by atoms with van der Waals surface area (Å²) in [5.41, 5.74) is 5.90. The van der Waals surface area contributed by atoms with E-state index in [4.69, 9.17) is 15.2 Å². The minimum absolute atomic E-state index is 0.0826. The fraction of sp³-hybridized carbons (Fsp3) is 0.588. The quantitative estimate of drug-likeness (QED) is 0.157. The summed E-state index contributed by atoms with van der Waals surface area (Å²) in [7, 11) is 4.96. The van der Waals surface area contributed by atoms with E-state index >= 15 is 0 Å². The number of rotatable bonds is 18. The van der Waals surface area contributed by atoms with E-state index in [0.29, 0.717) is 30.2 Å². The predicted molar refractivity (Wildman–Crippen MR) is 180 cm³/mol. The zero-order chi connectivity index (χ0) is 34.9. The van der Waals surface area contributed by atoms with E-state index in [9.17, 15) is 24.0 Å². The van der Waals surface area contributed by atoms with Gasteiger partial charge in [-0.3, -0.25) is 19.2 Å². The van der Waals surface area contributed by atoms with Crippen LogP contribution in [0.2, 0.25) is 0 Å². The van der Waals surface area contributed by atoms with Gasteiger partial charge in [-0.05, 0) is 56.7 Å². The maximum absolute atomic E-state index is 13.0. The lowest BCUT2D eigenvalue weighted by atomic mass is 9.96. The number of amides is 3. The number of nitrogens with zero attached hydrogens (tertiary/aromatic N) is 2. The van der Waals surface area contributed by atoms with Gasteiger partial charge >= 0.3 is 11.9 Å². The molecule has 0 bridgehead atoms. The van der Waals surface area contributed by atoms with Crippen molar-refractivity contribution in [2.75, 3.05) is 27.7 Å². The van der Waals surface area contributed by atoms with Crippen molar-refractivity contribution in [3.8, 4) is 0 Å². The van der Waals surface area contributed by atoms with Crippen LogP contribution >= 0.6 is 11.3 Å². The average molecular weight is 674 g/mol. The number of carbonyl (C=O) groups is 5. The van der Waals surface area contributed by atoms with Gasteiger partial charge in [0, 0.05) is 51.1 Å². The summed E-state index contributed by atoms with van der Waals surface area (Å²) in [5.74, 6) is -1.10. The van der Waals surface area contributed by atoms with Crippen molar-refractivity contribution in [2.24, 2.45) is 17.6 Å². The number of nitrogens with one attached hydrogen (secondary N) is 2. The summed E-state index contributed by atoms with van der Waals surface area (Å²) < 4.78 is 10.5. The Hall–Kier alpha value is -3.84. The van der Waals surface area contributed by atoms with Gasteiger partial charge in [-0.1, -0.05) is 44.2 Å². The number of hydrogen-bond acceptors (Lipinski definition) is 10. The molecule has 3 rings (SSSR count). The molecule has 1 fully saturated rings. The van der Waals surface area contributed by atoms with Crippen LogP contribution in [-0.4, -0.2) is 79.4 Å². The van der Waals surface area contributed by atoms with Gasteiger partial charge in [-0.2, -0.15) is 0 Å². The molecule has 0 aliphatic heterocycles. The summed E-state index contributed by atoms with van der Waals surface area (Å²) in [4.78, 5) is 66.5. The van der Waals surface area contributed by atoms with Crippen molar-refractivity contribution in [3.63, 3.8) is 0 Å². The smallest absolute Gasteiger partial charge is 0.328 e. The Kier molecular flexibility index (Phi) is 17.1. The first-order chi connectivity index (χ1) is 22.4. The lowest BCUT2D eigenvalue weighted by molar-refractivity contribution is -0.148. The summed E-state index contributed by atoms with van der Waals surface area (Å²) in [6.07, 6.45) is 5.06. The van der Waals surface area contributed by atoms with Crippen LogP contribution in [-0.2, 0) is 35.1 Å². The topological polar surface area (TPSA) is 170 Å². The summed E-state index contributed by atoms with van der Waals surface area (Å²) in [6, 6.07) is 8.25. The highest BCUT2D eigenvalue weighted by molar-refractivity contribution is 7.09. The van der Waals surface area contributed by atoms with Gasteiger partial charge in [0.05, 0.1) is 7.11 Å². The highest BCUT2D eigenvalue weighted by atomic mass is 32.1. The molecule has 3 amide bonds. The van der Waals surface area contributed by atoms with Crippen LogP contribution in [0.4, 0.5) is 0 Å². The molecular weight excluding hydrogens is 622 g/mol. The second-order valence-electron chi connectivity index (χ2n) is 12.1. The first kappa shape index (κ1) is 39.3. The normalized spacial score (nSPS) is 14.2. The third kappa shape index (κ3) is 14.6. The number of unbranched alkanes of at least 4 members (excludes halogenated alkanes) is 1. The number of methoxy groups -OCH3 is 1. The first-order valence-corrected chi connectivity index (χ1v) is 17.0. The van der Waals surface area contributed by atoms with Gasteiger partial charge in [0.25, 0.3) is 5.91 Å². The number of hydrogen-bond donors (Lipinski definition) is 3. The largest absolute Gasteiger partial charge is 0.467 e. The maximum atomic E-state index is 13.0. The van der Waals surface area contributed by atoms with Crippen LogP contribution in [0.5, 0.6) is 0 Å². The molecular formula is C34H51N5O7S. The van der Waals surface area contributed by atoms with Crippen LogP contribution < -0.4 is 16.4 Å². The third-order valence-corrected chi connectivity index (χ3v) is 8.72. The van der Waals surface area contributed by atoms with Crippen molar-refractivity contribution in [1.29, 1.82) is 0 Å². The van der Waals surface area contributed by atoms with Crippen molar-refractivity contribution in [1.82, 2.24) is 20.5 Å². The van der Waals surface area contributed by atoms with Crippen molar-refractivity contribution < 1.29 is 33.4 Å². The van der Waals surface area contributed by atoms with Gasteiger partial charge in [-0.25, -0.2) is 9.78 Å². The molecule has 13 heteroatoms. The fourth-order valence-corrected chi connectivity index (χ4v) is 5.79. The minimum atomic E-state index is -0.888. The molecule has 1 aromatic heterocycles. The van der Waals surface area contributed by atoms with Crippen molar-refractivity contribution in [2.45, 2.75) is 90.3 Å². The number of nitrogens with two attached hydrogens (primary N) is 1. The SMILES string of the molecule is CNCCCCC(N)=O.COC(=O)C(Cc1ccccc1)NC(=O)c1csc(C(CC(C(C)C)N(C)C(=O)CC2CC2)OC(C)=O)n1. The molecule has 3 atom stereocenters. The molecule has 2 aromatic rings. The Bertz CT molecular complexity index is 1300. The van der Waals surface area contributed by atoms with Gasteiger partial charge < -0.3 is 30.7 Å². The molecule has 1 heterocycles. The van der Waals surface area contributed by atoms with Crippen molar-refractivity contribution in [3.05, 3.63) is 52.0 Å². The van der Waals surface area contributed by atoms with E-state index in [-0.39, 0.29) is 35.9 Å². The molecule has 12 nitrogen and oxygen atoms in total. The Morgan fingerprint density at radius 1 is 1.11 bits per heavy atom. The molecule has 1 aliphatic rings. The van der Waals surface area contributed by atoms with Gasteiger partial charge in [0.2, 0.25) is 11.8 Å². The van der Waals surface area contributed by atoms with Crippen LogP contribution in [0.25, 0.3) is 0 Å². The monoisotopic (exact) mass is 673 g/mol. The fourth-order valence-electron chi connectivity index (χ4n) is 4.95. The lowest BCUT2D eigenvalue weighted by Gasteiger charge is -2.33. The summed E-state index contributed by atoms with van der Waals surface area (Å²) in [5, 5.41) is 7.73. The van der Waals surface area contributed by atoms with E-state index < -0.39 is 30.0 Å². The van der Waals surface area contributed by atoms with E-state index in [2.05, 4.69) is 15.6 Å². The number of thiazole rings is 1. The first-order valence-electron chi connectivity index (χ1n) is 16.1. The second kappa shape index (κ2) is 20.4. The molecule has 1 aliphatic carbocycles. The van der Waals surface area contributed by atoms with Gasteiger partial charge in [0.1, 0.15) is 16.7 Å². The number of esters is 2. The van der Waals surface area contributed by atoms with Gasteiger partial charge in [-0.15, -0.1) is 11.3 Å². The highest BCUT2D eigenvalue weighted by Gasteiger charge is 2.33. The standard InChI is InChI=1S/C28H37N3O6S.C6H14N2O/c1-17(2)23(31(4)25(33)14-20-11-12-20)15-24(37-18(3)32)27-30-22(16-38-27)26(34)29-21(28(35)36-5)13-19-9-7-6-8-10-19;1-8-5-3-2-4-6(7)9/h6-10,16-17,20-21,23-24H,11-15H2,1-5H3,(H,29,34);8H,2-5H2,1H3,(H2,7,9). The van der Waals surface area contributed by atoms with Crippen LogP contribution in [0.1, 0.15) is 92.9 Å². The summed E-state index contributed by atoms with van der Waals surface area (Å²) in [6.45, 7) is 6.34. The molecule has 1 aromatic carbocycles. The molecule has 4 N–H and O–H groups in total. The zero-order valence-electron chi connectivity index (χ0n) is 28.5. The second-order valence-corrected chi connectivity index (χ2v) is 13.0. The molecule has 260 valence electrons. The van der Waals surface area contributed by atoms with E-state index in [1.54, 1.807) is 17.3 Å². The van der Waals surface area contributed by atoms with E-state index in [0.717, 1.165) is 37.8 Å². The van der Waals surface area contributed by atoms with E-state index in [1.807, 2.05) is 51.2 Å². The van der Waals surface area contributed by atoms with Gasteiger partial charge in [0.15, 0.2) is 6.10 Å². The number of aromatic nitrogens is 1. The van der Waals surface area contributed by atoms with E-state index in [1.165, 1.54) is 25.4 Å². The van der Waals surface area contributed by atoms with Crippen LogP contribution in [0.3, 0.4) is 0 Å². The zero-order valence-corrected chi connectivity index (χ0v) is 29.3. The number of benzene rings is 1. The molecule has 0 radical (unpaired) electrons. The molecule has 3 unspecified atom stereocenters. The third-order valence-electron chi connectivity index (χ3n) is 7.79. The molecule has 0 spiro atoms. The molecule has 1 saturated carbocycles. The molecule has 0 saturated heterocycles. The average Bonchev–Trinajstić information content (AvgIpc) is 3.71. The number of ether oxygens (including phenoxy) is 2. The van der Waals surface area contributed by atoms with Crippen molar-refractivity contribution >= 4 is 41.0 Å². The summed E-state index contributed by atoms with van der Waals surface area (Å²) >= 11 is 1.20. The Balaban J connectivity index is 0.000000745. The minimum Gasteiger partial charge on any atom is -0.467 e. The Morgan fingerprint density at radius 2 is 1.79 bits per heavy atom. The predicted octanol–water partition coefficient (Wildman–Crippen LogP) is 3.80. The molecule has 47 heavy (non-hydrogen) atoms. The lowest BCUT2D eigenvalue weighted by Crippen LogP contribution is -2.43. The maximum Gasteiger partial charge on any atom is 0.328 e. The van der Waals surface area contributed by atoms with Crippen LogP contribution in [0.15, 0.2) is 35.7 Å². The Morgan fingerprint density at radius 3 is 2.34 bits per heavy atom. The number of primary amides is 1. The highest BCUT2D eigenvalue weighted by Crippen LogP contribution is 2.35. The number of carbonyl (C=O) groups excluding carboxylic acids is 5. The Labute approximate surface area is 282 Å².